The number of carbonyl (C=O) groups excluding carboxylic acids is 2. The largest absolute Gasteiger partial charge is 0.321 e. The van der Waals surface area contributed by atoms with Gasteiger partial charge in [-0.2, -0.15) is 0 Å². The lowest BCUT2D eigenvalue weighted by Crippen LogP contribution is -2.17. The minimum absolute atomic E-state index is 0.0399. The first kappa shape index (κ1) is 18.1. The van der Waals surface area contributed by atoms with Gasteiger partial charge in [-0.15, -0.1) is 0 Å². The summed E-state index contributed by atoms with van der Waals surface area (Å²) in [6, 6.07) is 10.5. The van der Waals surface area contributed by atoms with E-state index < -0.39 is 29.3 Å². The zero-order valence-electron chi connectivity index (χ0n) is 13.7. The zero-order valence-corrected chi connectivity index (χ0v) is 13.7. The van der Waals surface area contributed by atoms with Crippen LogP contribution < -0.4 is 10.6 Å². The third-order valence-electron chi connectivity index (χ3n) is 3.52. The molecule has 3 rings (SSSR count). The molecule has 0 aliphatic rings. The normalized spacial score (nSPS) is 10.3. The molecule has 0 bridgehead atoms. The highest BCUT2D eigenvalue weighted by Crippen LogP contribution is 2.17. The minimum Gasteiger partial charge on any atom is -0.321 e. The van der Waals surface area contributed by atoms with Crippen molar-refractivity contribution in [1.29, 1.82) is 0 Å². The number of nitrogens with one attached hydrogen (secondary N) is 2. The Kier molecular flexibility index (Phi) is 5.16. The molecule has 0 saturated carbocycles. The van der Waals surface area contributed by atoms with Crippen molar-refractivity contribution in [3.63, 3.8) is 0 Å². The van der Waals surface area contributed by atoms with Gasteiger partial charge in [-0.3, -0.25) is 14.6 Å². The summed E-state index contributed by atoms with van der Waals surface area (Å²) in [6.07, 6.45) is 1.23. The lowest BCUT2D eigenvalue weighted by molar-refractivity contribution is 0.102. The van der Waals surface area contributed by atoms with Crippen molar-refractivity contribution in [2.24, 2.45) is 0 Å². The summed E-state index contributed by atoms with van der Waals surface area (Å²) in [5, 5.41) is 4.74. The Morgan fingerprint density at radius 1 is 0.815 bits per heavy atom. The van der Waals surface area contributed by atoms with E-state index in [9.17, 15) is 22.8 Å². The average Bonchev–Trinajstić information content (AvgIpc) is 2.64. The molecule has 8 heteroatoms. The number of benzene rings is 2. The van der Waals surface area contributed by atoms with Crippen molar-refractivity contribution < 1.29 is 22.8 Å². The summed E-state index contributed by atoms with van der Waals surface area (Å²) >= 11 is 0. The Bertz CT molecular complexity index is 1020. The van der Waals surface area contributed by atoms with Crippen LogP contribution in [0.4, 0.5) is 24.5 Å². The summed E-state index contributed by atoms with van der Waals surface area (Å²) in [4.78, 5) is 28.3. The molecule has 0 atom stereocenters. The number of nitrogens with zero attached hydrogens (tertiary/aromatic N) is 1. The number of pyridine rings is 1. The van der Waals surface area contributed by atoms with Crippen LogP contribution in [0.3, 0.4) is 0 Å². The molecular weight excluding hydrogens is 359 g/mol. The van der Waals surface area contributed by atoms with Gasteiger partial charge in [0.05, 0.1) is 5.69 Å². The van der Waals surface area contributed by atoms with E-state index in [1.165, 1.54) is 36.5 Å². The van der Waals surface area contributed by atoms with Gasteiger partial charge in [0.15, 0.2) is 0 Å². The fraction of sp³-hybridized carbons (Fsp3) is 0. The molecule has 2 aromatic carbocycles. The molecule has 5 nitrogen and oxygen atoms in total. The Hall–Kier alpha value is -3.68. The molecule has 27 heavy (non-hydrogen) atoms. The maximum Gasteiger partial charge on any atom is 0.274 e. The monoisotopic (exact) mass is 371 g/mol. The molecule has 1 heterocycles. The maximum absolute atomic E-state index is 13.6. The van der Waals surface area contributed by atoms with Crippen molar-refractivity contribution in [1.82, 2.24) is 4.98 Å². The van der Waals surface area contributed by atoms with Crippen molar-refractivity contribution in [2.45, 2.75) is 0 Å². The number of hydrogen-bond acceptors (Lipinski definition) is 3. The lowest BCUT2D eigenvalue weighted by atomic mass is 10.2. The Morgan fingerprint density at radius 3 is 2.33 bits per heavy atom. The van der Waals surface area contributed by atoms with Gasteiger partial charge < -0.3 is 10.6 Å². The van der Waals surface area contributed by atoms with Crippen LogP contribution in [-0.4, -0.2) is 16.8 Å². The number of amides is 2. The molecule has 0 aliphatic heterocycles. The quantitative estimate of drug-likeness (QED) is 0.728. The molecule has 0 unspecified atom stereocenters. The third-order valence-corrected chi connectivity index (χ3v) is 3.52. The number of carbonyl (C=O) groups is 2. The van der Waals surface area contributed by atoms with E-state index in [1.807, 2.05) is 0 Å². The first-order valence-corrected chi connectivity index (χ1v) is 7.72. The Morgan fingerprint density at radius 2 is 1.59 bits per heavy atom. The van der Waals surface area contributed by atoms with E-state index in [0.717, 1.165) is 18.2 Å². The average molecular weight is 371 g/mol. The van der Waals surface area contributed by atoms with Crippen molar-refractivity contribution in [3.8, 4) is 0 Å². The van der Waals surface area contributed by atoms with E-state index in [1.54, 1.807) is 0 Å². The summed E-state index contributed by atoms with van der Waals surface area (Å²) in [7, 11) is 0. The van der Waals surface area contributed by atoms with Crippen LogP contribution in [0.25, 0.3) is 0 Å². The SMILES string of the molecule is O=C(Nc1ccc(F)cc1F)c1ccnc(C(=O)Nc2cccc(F)c2)c1. The fourth-order valence-electron chi connectivity index (χ4n) is 2.24. The molecule has 0 saturated heterocycles. The molecule has 0 fully saturated rings. The number of aromatic nitrogens is 1. The van der Waals surface area contributed by atoms with Crippen LogP contribution in [0.15, 0.2) is 60.8 Å². The Labute approximate surface area is 151 Å². The van der Waals surface area contributed by atoms with E-state index in [0.29, 0.717) is 6.07 Å². The molecule has 3 aromatic rings. The van der Waals surface area contributed by atoms with E-state index in [2.05, 4.69) is 15.6 Å². The van der Waals surface area contributed by atoms with Crippen LogP contribution in [0, 0.1) is 17.5 Å². The van der Waals surface area contributed by atoms with Crippen LogP contribution in [0.5, 0.6) is 0 Å². The number of anilines is 2. The first-order valence-electron chi connectivity index (χ1n) is 7.72. The van der Waals surface area contributed by atoms with Crippen LogP contribution >= 0.6 is 0 Å². The molecule has 2 N–H and O–H groups in total. The van der Waals surface area contributed by atoms with Crippen LogP contribution in [0.1, 0.15) is 20.8 Å². The highest BCUT2D eigenvalue weighted by molar-refractivity contribution is 6.07. The third kappa shape index (κ3) is 4.49. The second-order valence-corrected chi connectivity index (χ2v) is 5.47. The standard InChI is InChI=1S/C19H12F3N3O2/c20-12-2-1-3-14(9-12)24-19(27)17-8-11(6-7-23-17)18(26)25-16-5-4-13(21)10-15(16)22/h1-10H,(H,24,27)(H,25,26). The molecule has 0 aliphatic carbocycles. The van der Waals surface area contributed by atoms with Crippen molar-refractivity contribution in [3.05, 3.63) is 89.5 Å². The van der Waals surface area contributed by atoms with Crippen LogP contribution in [0.2, 0.25) is 0 Å². The molecular formula is C19H12F3N3O2. The molecule has 0 radical (unpaired) electrons. The van der Waals surface area contributed by atoms with Crippen LogP contribution in [-0.2, 0) is 0 Å². The second kappa shape index (κ2) is 7.69. The second-order valence-electron chi connectivity index (χ2n) is 5.47. The van der Waals surface area contributed by atoms with Gasteiger partial charge >= 0.3 is 0 Å². The summed E-state index contributed by atoms with van der Waals surface area (Å²) in [5.41, 5.74) is -0.0291. The molecule has 0 spiro atoms. The topological polar surface area (TPSA) is 71.1 Å². The van der Waals surface area contributed by atoms with E-state index in [4.69, 9.17) is 0 Å². The van der Waals surface area contributed by atoms with Gasteiger partial charge in [-0.25, -0.2) is 13.2 Å². The summed E-state index contributed by atoms with van der Waals surface area (Å²) in [6.45, 7) is 0. The Balaban J connectivity index is 1.76. The van der Waals surface area contributed by atoms with Crippen molar-refractivity contribution >= 4 is 23.2 Å². The summed E-state index contributed by atoms with van der Waals surface area (Å²) in [5.74, 6) is -3.58. The van der Waals surface area contributed by atoms with Gasteiger partial charge in [0.1, 0.15) is 23.1 Å². The smallest absolute Gasteiger partial charge is 0.274 e. The van der Waals surface area contributed by atoms with Gasteiger partial charge in [0, 0.05) is 23.5 Å². The highest BCUT2D eigenvalue weighted by Gasteiger charge is 2.14. The lowest BCUT2D eigenvalue weighted by Gasteiger charge is -2.08. The molecule has 136 valence electrons. The van der Waals surface area contributed by atoms with Crippen molar-refractivity contribution in [2.75, 3.05) is 10.6 Å². The van der Waals surface area contributed by atoms with Gasteiger partial charge in [-0.05, 0) is 42.5 Å². The van der Waals surface area contributed by atoms with Gasteiger partial charge in [0.2, 0.25) is 0 Å². The number of halogens is 3. The zero-order chi connectivity index (χ0) is 19.4. The fourth-order valence-corrected chi connectivity index (χ4v) is 2.24. The van der Waals surface area contributed by atoms with E-state index in [-0.39, 0.29) is 22.6 Å². The highest BCUT2D eigenvalue weighted by atomic mass is 19.1. The molecule has 1 aromatic heterocycles. The van der Waals surface area contributed by atoms with E-state index >= 15 is 0 Å². The van der Waals surface area contributed by atoms with Gasteiger partial charge in [-0.1, -0.05) is 6.07 Å². The molecule has 2 amide bonds. The maximum atomic E-state index is 13.6. The predicted molar refractivity (Wildman–Crippen MR) is 92.9 cm³/mol. The van der Waals surface area contributed by atoms with Gasteiger partial charge in [0.25, 0.3) is 11.8 Å². The predicted octanol–water partition coefficient (Wildman–Crippen LogP) is 4.00. The first-order chi connectivity index (χ1) is 12.9. The number of hydrogen-bond donors (Lipinski definition) is 2. The summed E-state index contributed by atoms with van der Waals surface area (Å²) < 4.78 is 39.8. The minimum atomic E-state index is -0.929. The number of rotatable bonds is 4.